The molecule has 1 aliphatic carbocycles. The normalized spacial score (nSPS) is 21.6. The molecule has 6 nitrogen and oxygen atoms in total. The number of hydrazine groups is 1. The first-order valence-corrected chi connectivity index (χ1v) is 7.26. The molecule has 7 heteroatoms. The van der Waals surface area contributed by atoms with E-state index in [1.807, 2.05) is 0 Å². The Morgan fingerprint density at radius 2 is 2.17 bits per heavy atom. The van der Waals surface area contributed by atoms with Gasteiger partial charge in [0.15, 0.2) is 0 Å². The van der Waals surface area contributed by atoms with E-state index in [-0.39, 0.29) is 10.3 Å². The minimum Gasteiger partial charge on any atom is -0.308 e. The zero-order valence-electron chi connectivity index (χ0n) is 10.5. The summed E-state index contributed by atoms with van der Waals surface area (Å²) in [6, 6.07) is 3.00. The van der Waals surface area contributed by atoms with Crippen molar-refractivity contribution in [3.05, 3.63) is 18.3 Å². The van der Waals surface area contributed by atoms with E-state index in [1.54, 1.807) is 0 Å². The second kappa shape index (κ2) is 4.49. The van der Waals surface area contributed by atoms with Crippen molar-refractivity contribution in [2.75, 3.05) is 12.0 Å². The van der Waals surface area contributed by atoms with E-state index in [0.717, 1.165) is 6.42 Å². The van der Waals surface area contributed by atoms with E-state index in [0.29, 0.717) is 18.3 Å². The smallest absolute Gasteiger partial charge is 0.242 e. The van der Waals surface area contributed by atoms with Crippen LogP contribution in [-0.2, 0) is 10.0 Å². The van der Waals surface area contributed by atoms with Gasteiger partial charge >= 0.3 is 0 Å². The van der Waals surface area contributed by atoms with Crippen LogP contribution in [0.25, 0.3) is 0 Å². The van der Waals surface area contributed by atoms with Crippen LogP contribution in [-0.4, -0.2) is 19.9 Å². The van der Waals surface area contributed by atoms with Crippen molar-refractivity contribution >= 4 is 15.8 Å². The van der Waals surface area contributed by atoms with Gasteiger partial charge in [0.1, 0.15) is 10.7 Å². The third-order valence-corrected chi connectivity index (χ3v) is 4.84. The molecule has 0 amide bonds. The lowest BCUT2D eigenvalue weighted by Gasteiger charge is -2.08. The summed E-state index contributed by atoms with van der Waals surface area (Å²) in [5, 5.41) is 0. The first kappa shape index (κ1) is 13.3. The van der Waals surface area contributed by atoms with Gasteiger partial charge in [-0.15, -0.1) is 0 Å². The Balaban J connectivity index is 2.01. The van der Waals surface area contributed by atoms with Crippen molar-refractivity contribution in [3.63, 3.8) is 0 Å². The van der Waals surface area contributed by atoms with Gasteiger partial charge in [-0.05, 0) is 29.9 Å². The Labute approximate surface area is 107 Å². The number of hydrogen-bond donors (Lipinski definition) is 3. The van der Waals surface area contributed by atoms with Gasteiger partial charge in [-0.25, -0.2) is 24.0 Å². The predicted octanol–water partition coefficient (Wildman–Crippen LogP) is 0.692. The number of anilines is 1. The van der Waals surface area contributed by atoms with Crippen molar-refractivity contribution in [1.29, 1.82) is 0 Å². The van der Waals surface area contributed by atoms with Crippen LogP contribution in [0.3, 0.4) is 0 Å². The molecule has 100 valence electrons. The third-order valence-electron chi connectivity index (χ3n) is 3.43. The molecule has 1 aromatic rings. The third kappa shape index (κ3) is 2.80. The fraction of sp³-hybridized carbons (Fsp3) is 0.545. The highest BCUT2D eigenvalue weighted by Crippen LogP contribution is 2.51. The zero-order chi connectivity index (χ0) is 13.4. The van der Waals surface area contributed by atoms with Gasteiger partial charge in [0, 0.05) is 12.7 Å². The molecule has 1 unspecified atom stereocenters. The Kier molecular flexibility index (Phi) is 3.31. The molecule has 1 fully saturated rings. The summed E-state index contributed by atoms with van der Waals surface area (Å²) in [6.07, 6.45) is 2.35. The number of hydrogen-bond acceptors (Lipinski definition) is 5. The van der Waals surface area contributed by atoms with E-state index < -0.39 is 10.0 Å². The SMILES string of the molecule is CC1(C)CC1CNS(=O)(=O)c1ccc(NN)nc1. The molecule has 1 atom stereocenters. The van der Waals surface area contributed by atoms with Gasteiger partial charge in [-0.2, -0.15) is 0 Å². The number of aromatic nitrogens is 1. The van der Waals surface area contributed by atoms with Gasteiger partial charge in [-0.3, -0.25) is 0 Å². The highest BCUT2D eigenvalue weighted by Gasteiger charge is 2.45. The van der Waals surface area contributed by atoms with Crippen LogP contribution >= 0.6 is 0 Å². The largest absolute Gasteiger partial charge is 0.308 e. The minimum atomic E-state index is -3.47. The number of nitrogens with one attached hydrogen (secondary N) is 2. The maximum Gasteiger partial charge on any atom is 0.242 e. The number of rotatable bonds is 5. The maximum atomic E-state index is 12.0. The second-order valence-corrected chi connectivity index (χ2v) is 7.03. The summed E-state index contributed by atoms with van der Waals surface area (Å²) in [6.45, 7) is 4.75. The van der Waals surface area contributed by atoms with Crippen LogP contribution in [0.4, 0.5) is 5.82 Å². The molecule has 1 saturated carbocycles. The average molecular weight is 270 g/mol. The highest BCUT2D eigenvalue weighted by atomic mass is 32.2. The van der Waals surface area contributed by atoms with Crippen molar-refractivity contribution in [2.24, 2.45) is 17.2 Å². The summed E-state index contributed by atoms with van der Waals surface area (Å²) in [4.78, 5) is 4.03. The monoisotopic (exact) mass is 270 g/mol. The summed E-state index contributed by atoms with van der Waals surface area (Å²) >= 11 is 0. The molecule has 4 N–H and O–H groups in total. The van der Waals surface area contributed by atoms with Gasteiger partial charge in [0.25, 0.3) is 0 Å². The molecule has 0 bridgehead atoms. The molecule has 0 aromatic carbocycles. The zero-order valence-corrected chi connectivity index (χ0v) is 11.3. The molecule has 2 rings (SSSR count). The van der Waals surface area contributed by atoms with E-state index in [1.165, 1.54) is 18.3 Å². The number of nitrogens with two attached hydrogens (primary N) is 1. The van der Waals surface area contributed by atoms with Crippen molar-refractivity contribution < 1.29 is 8.42 Å². The maximum absolute atomic E-state index is 12.0. The molecule has 1 aromatic heterocycles. The topological polar surface area (TPSA) is 97.1 Å². The summed E-state index contributed by atoms with van der Waals surface area (Å²) in [5.41, 5.74) is 2.61. The number of nitrogens with zero attached hydrogens (tertiary/aromatic N) is 1. The summed E-state index contributed by atoms with van der Waals surface area (Å²) < 4.78 is 26.6. The lowest BCUT2D eigenvalue weighted by Crippen LogP contribution is -2.27. The second-order valence-electron chi connectivity index (χ2n) is 5.27. The van der Waals surface area contributed by atoms with Crippen LogP contribution in [0.5, 0.6) is 0 Å². The molecular formula is C11H18N4O2S. The van der Waals surface area contributed by atoms with E-state index >= 15 is 0 Å². The van der Waals surface area contributed by atoms with Crippen LogP contribution in [0.1, 0.15) is 20.3 Å². The lowest BCUT2D eigenvalue weighted by atomic mass is 10.1. The lowest BCUT2D eigenvalue weighted by molar-refractivity contribution is 0.537. The number of nitrogen functional groups attached to an aromatic ring is 1. The van der Waals surface area contributed by atoms with E-state index in [2.05, 4.69) is 29.0 Å². The van der Waals surface area contributed by atoms with Crippen molar-refractivity contribution in [1.82, 2.24) is 9.71 Å². The summed E-state index contributed by atoms with van der Waals surface area (Å²) in [7, 11) is -3.47. The van der Waals surface area contributed by atoms with Crippen LogP contribution in [0, 0.1) is 11.3 Å². The Morgan fingerprint density at radius 3 is 2.61 bits per heavy atom. The molecule has 0 radical (unpaired) electrons. The van der Waals surface area contributed by atoms with Gasteiger partial charge < -0.3 is 5.43 Å². The molecule has 1 aliphatic rings. The molecular weight excluding hydrogens is 252 g/mol. The number of pyridine rings is 1. The first-order chi connectivity index (χ1) is 8.35. The van der Waals surface area contributed by atoms with Gasteiger partial charge in [-0.1, -0.05) is 13.8 Å². The first-order valence-electron chi connectivity index (χ1n) is 5.77. The Hall–Kier alpha value is -1.18. The standard InChI is InChI=1S/C11H18N4O2S/c1-11(2)5-8(11)6-14-18(16,17)9-3-4-10(15-12)13-7-9/h3-4,7-8,14H,5-6,12H2,1-2H3,(H,13,15). The molecule has 1 heterocycles. The molecule has 0 saturated heterocycles. The Morgan fingerprint density at radius 1 is 1.50 bits per heavy atom. The van der Waals surface area contributed by atoms with Crippen molar-refractivity contribution in [2.45, 2.75) is 25.2 Å². The predicted molar refractivity (Wildman–Crippen MR) is 69.1 cm³/mol. The fourth-order valence-electron chi connectivity index (χ4n) is 1.84. The van der Waals surface area contributed by atoms with E-state index in [4.69, 9.17) is 5.84 Å². The van der Waals surface area contributed by atoms with Crippen LogP contribution in [0.15, 0.2) is 23.2 Å². The van der Waals surface area contributed by atoms with Crippen molar-refractivity contribution in [3.8, 4) is 0 Å². The van der Waals surface area contributed by atoms with Gasteiger partial charge in [0.2, 0.25) is 10.0 Å². The van der Waals surface area contributed by atoms with Gasteiger partial charge in [0.05, 0.1) is 0 Å². The highest BCUT2D eigenvalue weighted by molar-refractivity contribution is 7.89. The molecule has 18 heavy (non-hydrogen) atoms. The summed E-state index contributed by atoms with van der Waals surface area (Å²) in [5.74, 6) is 6.02. The minimum absolute atomic E-state index is 0.153. The molecule has 0 spiro atoms. The quantitative estimate of drug-likeness (QED) is 0.540. The molecule has 0 aliphatic heterocycles. The van der Waals surface area contributed by atoms with Crippen LogP contribution < -0.4 is 16.0 Å². The van der Waals surface area contributed by atoms with Crippen LogP contribution in [0.2, 0.25) is 0 Å². The average Bonchev–Trinajstić information content (AvgIpc) is 2.95. The van der Waals surface area contributed by atoms with E-state index in [9.17, 15) is 8.42 Å². The fourth-order valence-corrected chi connectivity index (χ4v) is 2.87. The Bertz CT molecular complexity index is 524. The number of sulfonamides is 1.